The molecule has 8 nitrogen and oxygen atoms in total. The van der Waals surface area contributed by atoms with Crippen LogP contribution in [-0.2, 0) is 0 Å². The van der Waals surface area contributed by atoms with Crippen molar-refractivity contribution in [2.45, 2.75) is 6.92 Å². The number of rotatable bonds is 4. The molecule has 3 rings (SSSR count). The minimum atomic E-state index is -0.401. The number of nitriles is 1. The van der Waals surface area contributed by atoms with Gasteiger partial charge in [0.15, 0.2) is 5.82 Å². The predicted octanol–water partition coefficient (Wildman–Crippen LogP) is 2.64. The molecule has 1 aromatic carbocycles. The van der Waals surface area contributed by atoms with Crippen molar-refractivity contribution in [3.8, 4) is 6.07 Å². The summed E-state index contributed by atoms with van der Waals surface area (Å²) < 4.78 is 4.93. The van der Waals surface area contributed by atoms with Crippen molar-refractivity contribution in [3.63, 3.8) is 0 Å². The highest BCUT2D eigenvalue weighted by atomic mass is 16.5. The first-order chi connectivity index (χ1) is 11.7. The fourth-order valence-corrected chi connectivity index (χ4v) is 1.93. The first-order valence-electron chi connectivity index (χ1n) is 6.98. The largest absolute Gasteiger partial charge is 0.360 e. The summed E-state index contributed by atoms with van der Waals surface area (Å²) in [7, 11) is 0. The Morgan fingerprint density at radius 2 is 2.00 bits per heavy atom. The van der Waals surface area contributed by atoms with Crippen LogP contribution < -0.4 is 10.6 Å². The molecule has 0 unspecified atom stereocenters. The van der Waals surface area contributed by atoms with E-state index in [0.29, 0.717) is 22.8 Å². The predicted molar refractivity (Wildman–Crippen MR) is 85.7 cm³/mol. The van der Waals surface area contributed by atoms with E-state index in [0.717, 1.165) is 0 Å². The van der Waals surface area contributed by atoms with E-state index in [-0.39, 0.29) is 11.5 Å². The molecule has 0 bridgehead atoms. The van der Waals surface area contributed by atoms with Gasteiger partial charge < -0.3 is 15.2 Å². The molecule has 2 aromatic heterocycles. The van der Waals surface area contributed by atoms with Crippen LogP contribution in [0.25, 0.3) is 0 Å². The average molecular weight is 320 g/mol. The summed E-state index contributed by atoms with van der Waals surface area (Å²) in [5.74, 6) is 1.02. The lowest BCUT2D eigenvalue weighted by Crippen LogP contribution is -2.14. The maximum atomic E-state index is 12.2. The maximum absolute atomic E-state index is 12.2. The summed E-state index contributed by atoms with van der Waals surface area (Å²) in [6, 6.07) is 10.5. The van der Waals surface area contributed by atoms with Crippen LogP contribution in [0.4, 0.5) is 17.5 Å². The van der Waals surface area contributed by atoms with Gasteiger partial charge in [-0.25, -0.2) is 9.97 Å². The van der Waals surface area contributed by atoms with Crippen LogP contribution in [0.5, 0.6) is 0 Å². The van der Waals surface area contributed by atoms with Gasteiger partial charge in [0.05, 0.1) is 16.8 Å². The van der Waals surface area contributed by atoms with Gasteiger partial charge in [0.25, 0.3) is 5.91 Å². The SMILES string of the molecule is Cc1cc(Nc2ncc(C(=O)Nc3ccccc3C#N)cn2)no1. The topological polar surface area (TPSA) is 117 Å². The molecule has 1 amide bonds. The number of amides is 1. The van der Waals surface area contributed by atoms with Crippen molar-refractivity contribution in [2.75, 3.05) is 10.6 Å². The van der Waals surface area contributed by atoms with E-state index in [4.69, 9.17) is 9.78 Å². The van der Waals surface area contributed by atoms with Crippen LogP contribution in [0.15, 0.2) is 47.2 Å². The van der Waals surface area contributed by atoms with Gasteiger partial charge in [0.1, 0.15) is 11.8 Å². The Labute approximate surface area is 137 Å². The Morgan fingerprint density at radius 3 is 2.67 bits per heavy atom. The van der Waals surface area contributed by atoms with Gasteiger partial charge >= 0.3 is 0 Å². The molecular formula is C16H12N6O2. The molecule has 0 aliphatic rings. The number of carbonyl (C=O) groups is 1. The molecule has 0 atom stereocenters. The summed E-state index contributed by atoms with van der Waals surface area (Å²) in [6.45, 7) is 1.77. The Balaban J connectivity index is 1.71. The fourth-order valence-electron chi connectivity index (χ4n) is 1.93. The molecule has 0 radical (unpaired) electrons. The van der Waals surface area contributed by atoms with Crippen molar-refractivity contribution in [2.24, 2.45) is 0 Å². The number of aromatic nitrogens is 3. The van der Waals surface area contributed by atoms with E-state index in [1.807, 2.05) is 6.07 Å². The van der Waals surface area contributed by atoms with Gasteiger partial charge in [-0.1, -0.05) is 17.3 Å². The number of hydrogen-bond donors (Lipinski definition) is 2. The molecule has 0 saturated carbocycles. The Kier molecular flexibility index (Phi) is 4.16. The quantitative estimate of drug-likeness (QED) is 0.758. The third kappa shape index (κ3) is 3.36. The summed E-state index contributed by atoms with van der Waals surface area (Å²) >= 11 is 0. The molecule has 3 aromatic rings. The van der Waals surface area contributed by atoms with Gasteiger partial charge in [-0.15, -0.1) is 0 Å². The van der Waals surface area contributed by atoms with Crippen LogP contribution >= 0.6 is 0 Å². The highest BCUT2D eigenvalue weighted by Gasteiger charge is 2.10. The molecule has 118 valence electrons. The summed E-state index contributed by atoms with van der Waals surface area (Å²) in [6.07, 6.45) is 2.76. The van der Waals surface area contributed by atoms with E-state index >= 15 is 0 Å². The fraction of sp³-hybridized carbons (Fsp3) is 0.0625. The number of nitrogens with zero attached hydrogens (tertiary/aromatic N) is 4. The highest BCUT2D eigenvalue weighted by molar-refractivity contribution is 6.04. The number of anilines is 3. The maximum Gasteiger partial charge on any atom is 0.258 e. The van der Waals surface area contributed by atoms with Crippen LogP contribution in [0.2, 0.25) is 0 Å². The van der Waals surface area contributed by atoms with Gasteiger partial charge in [0.2, 0.25) is 5.95 Å². The zero-order chi connectivity index (χ0) is 16.9. The molecule has 0 spiro atoms. The molecule has 0 fully saturated rings. The van der Waals surface area contributed by atoms with Gasteiger partial charge in [-0.3, -0.25) is 4.79 Å². The van der Waals surface area contributed by atoms with Crippen LogP contribution in [-0.4, -0.2) is 21.0 Å². The zero-order valence-electron chi connectivity index (χ0n) is 12.6. The normalized spacial score (nSPS) is 10.0. The monoisotopic (exact) mass is 320 g/mol. The second kappa shape index (κ2) is 6.58. The van der Waals surface area contributed by atoms with Gasteiger partial charge in [0, 0.05) is 18.5 Å². The number of aryl methyl sites for hydroxylation is 1. The first-order valence-corrected chi connectivity index (χ1v) is 6.98. The van der Waals surface area contributed by atoms with Crippen molar-refractivity contribution in [1.29, 1.82) is 5.26 Å². The molecule has 0 aliphatic heterocycles. The van der Waals surface area contributed by atoms with E-state index in [1.165, 1.54) is 12.4 Å². The van der Waals surface area contributed by atoms with Crippen molar-refractivity contribution in [3.05, 3.63) is 59.6 Å². The van der Waals surface area contributed by atoms with Crippen LogP contribution in [0.3, 0.4) is 0 Å². The number of hydrogen-bond acceptors (Lipinski definition) is 7. The molecule has 2 heterocycles. The first kappa shape index (κ1) is 15.2. The van der Waals surface area contributed by atoms with Crippen LogP contribution in [0, 0.1) is 18.3 Å². The molecule has 2 N–H and O–H groups in total. The zero-order valence-corrected chi connectivity index (χ0v) is 12.6. The standard InChI is InChI=1S/C16H12N6O2/c1-10-6-14(22-24-10)21-16-18-8-12(9-19-16)15(23)20-13-5-3-2-4-11(13)7-17/h2-6,8-9H,1H3,(H,20,23)(H,18,19,21,22). The lowest BCUT2D eigenvalue weighted by atomic mass is 10.2. The van der Waals surface area contributed by atoms with Crippen molar-refractivity contribution >= 4 is 23.4 Å². The highest BCUT2D eigenvalue weighted by Crippen LogP contribution is 2.15. The molecule has 8 heteroatoms. The number of carbonyl (C=O) groups excluding carboxylic acids is 1. The molecular weight excluding hydrogens is 308 g/mol. The summed E-state index contributed by atoms with van der Waals surface area (Å²) in [4.78, 5) is 20.3. The second-order valence-corrected chi connectivity index (χ2v) is 4.85. The summed E-state index contributed by atoms with van der Waals surface area (Å²) in [5, 5.41) is 18.3. The number of nitrogens with one attached hydrogen (secondary N) is 2. The summed E-state index contributed by atoms with van der Waals surface area (Å²) in [5.41, 5.74) is 1.08. The van der Waals surface area contributed by atoms with Gasteiger partial charge in [-0.2, -0.15) is 5.26 Å². The lowest BCUT2D eigenvalue weighted by Gasteiger charge is -2.06. The smallest absolute Gasteiger partial charge is 0.258 e. The molecule has 24 heavy (non-hydrogen) atoms. The van der Waals surface area contributed by atoms with E-state index in [9.17, 15) is 4.79 Å². The minimum Gasteiger partial charge on any atom is -0.360 e. The van der Waals surface area contributed by atoms with E-state index < -0.39 is 5.91 Å². The number of para-hydroxylation sites is 1. The average Bonchev–Trinajstić information content (AvgIpc) is 3.01. The van der Waals surface area contributed by atoms with E-state index in [1.54, 1.807) is 37.3 Å². The Bertz CT molecular complexity index is 911. The van der Waals surface area contributed by atoms with Crippen molar-refractivity contribution < 1.29 is 9.32 Å². The Morgan fingerprint density at radius 1 is 1.25 bits per heavy atom. The van der Waals surface area contributed by atoms with Gasteiger partial charge in [-0.05, 0) is 19.1 Å². The molecule has 0 saturated heterocycles. The third-order valence-corrected chi connectivity index (χ3v) is 3.08. The third-order valence-electron chi connectivity index (χ3n) is 3.08. The lowest BCUT2D eigenvalue weighted by molar-refractivity contribution is 0.102. The second-order valence-electron chi connectivity index (χ2n) is 4.85. The minimum absolute atomic E-state index is 0.268. The Hall–Kier alpha value is -3.73. The molecule has 0 aliphatic carbocycles. The van der Waals surface area contributed by atoms with Crippen molar-refractivity contribution in [1.82, 2.24) is 15.1 Å². The number of benzene rings is 1. The van der Waals surface area contributed by atoms with Crippen LogP contribution in [0.1, 0.15) is 21.7 Å². The van der Waals surface area contributed by atoms with E-state index in [2.05, 4.69) is 25.8 Å².